The summed E-state index contributed by atoms with van der Waals surface area (Å²) in [6, 6.07) is 14.4. The minimum atomic E-state index is 0.719. The Kier molecular flexibility index (Phi) is 5.10. The Morgan fingerprint density at radius 2 is 2.00 bits per heavy atom. The number of nitrogens with zero attached hydrogens (tertiary/aromatic N) is 2. The van der Waals surface area contributed by atoms with E-state index in [1.807, 2.05) is 31.2 Å². The summed E-state index contributed by atoms with van der Waals surface area (Å²) >= 11 is 1.77. The van der Waals surface area contributed by atoms with Gasteiger partial charge in [0.1, 0.15) is 5.75 Å². The lowest BCUT2D eigenvalue weighted by molar-refractivity contribution is 0.214. The Morgan fingerprint density at radius 1 is 1.13 bits per heavy atom. The number of para-hydroxylation sites is 1. The largest absolute Gasteiger partial charge is 0.496 e. The highest BCUT2D eigenvalue weighted by molar-refractivity contribution is 7.09. The van der Waals surface area contributed by atoms with E-state index in [2.05, 4.69) is 33.6 Å². The lowest BCUT2D eigenvalue weighted by Gasteiger charge is -2.21. The number of hydrogen-bond acceptors (Lipinski definition) is 5. The summed E-state index contributed by atoms with van der Waals surface area (Å²) in [4.78, 5) is 3.67. The second kappa shape index (κ2) is 7.44. The smallest absolute Gasteiger partial charge is 0.150 e. The van der Waals surface area contributed by atoms with Gasteiger partial charge < -0.3 is 9.26 Å². The maximum Gasteiger partial charge on any atom is 0.150 e. The van der Waals surface area contributed by atoms with Crippen LogP contribution in [-0.2, 0) is 19.6 Å². The van der Waals surface area contributed by atoms with Gasteiger partial charge in [0, 0.05) is 29.6 Å². The van der Waals surface area contributed by atoms with Gasteiger partial charge in [-0.3, -0.25) is 4.90 Å². The minimum Gasteiger partial charge on any atom is -0.496 e. The third kappa shape index (κ3) is 4.21. The van der Waals surface area contributed by atoms with Crippen molar-refractivity contribution in [3.05, 3.63) is 69.7 Å². The molecule has 0 amide bonds. The molecule has 0 atom stereocenters. The van der Waals surface area contributed by atoms with Crippen LogP contribution in [-0.4, -0.2) is 17.2 Å². The van der Waals surface area contributed by atoms with E-state index in [9.17, 15) is 0 Å². The zero-order valence-electron chi connectivity index (χ0n) is 13.4. The number of methoxy groups -OCH3 is 1. The Morgan fingerprint density at radius 3 is 2.70 bits per heavy atom. The third-order valence-electron chi connectivity index (χ3n) is 3.60. The Hall–Kier alpha value is -2.11. The molecule has 0 aliphatic heterocycles. The van der Waals surface area contributed by atoms with E-state index in [-0.39, 0.29) is 0 Å². The van der Waals surface area contributed by atoms with Crippen molar-refractivity contribution in [2.75, 3.05) is 7.11 Å². The van der Waals surface area contributed by atoms with Crippen molar-refractivity contribution in [2.24, 2.45) is 0 Å². The molecule has 5 heteroatoms. The summed E-state index contributed by atoms with van der Waals surface area (Å²) < 4.78 is 10.9. The van der Waals surface area contributed by atoms with Crippen LogP contribution in [0.4, 0.5) is 0 Å². The minimum absolute atomic E-state index is 0.719. The Bertz CT molecular complexity index is 737. The van der Waals surface area contributed by atoms with Crippen molar-refractivity contribution in [2.45, 2.75) is 26.6 Å². The first-order valence-electron chi connectivity index (χ1n) is 7.53. The van der Waals surface area contributed by atoms with Gasteiger partial charge in [0.15, 0.2) is 5.76 Å². The molecular formula is C18H20N2O2S. The molecule has 3 aromatic rings. The molecule has 1 aromatic carbocycles. The van der Waals surface area contributed by atoms with Gasteiger partial charge in [-0.05, 0) is 24.4 Å². The fraction of sp³-hybridized carbons (Fsp3) is 0.278. The van der Waals surface area contributed by atoms with E-state index in [1.54, 1.807) is 18.4 Å². The van der Waals surface area contributed by atoms with E-state index in [0.717, 1.165) is 36.8 Å². The van der Waals surface area contributed by atoms with Crippen molar-refractivity contribution >= 4 is 11.3 Å². The van der Waals surface area contributed by atoms with Gasteiger partial charge >= 0.3 is 0 Å². The van der Waals surface area contributed by atoms with Crippen molar-refractivity contribution < 1.29 is 9.26 Å². The zero-order valence-corrected chi connectivity index (χ0v) is 14.2. The molecule has 0 N–H and O–H groups in total. The molecule has 4 nitrogen and oxygen atoms in total. The Balaban J connectivity index is 1.79. The molecule has 0 bridgehead atoms. The molecule has 0 saturated carbocycles. The number of ether oxygens (including phenoxy) is 1. The van der Waals surface area contributed by atoms with Crippen LogP contribution in [0.3, 0.4) is 0 Å². The standard InChI is InChI=1S/C18H20N2O2S/c1-14-10-16(22-19-14)12-20(13-17-7-5-9-23-17)11-15-6-3-4-8-18(15)21-2/h3-10H,11-13H2,1-2H3. The topological polar surface area (TPSA) is 38.5 Å². The van der Waals surface area contributed by atoms with E-state index < -0.39 is 0 Å². The van der Waals surface area contributed by atoms with Crippen LogP contribution in [0, 0.1) is 6.92 Å². The predicted octanol–water partition coefficient (Wildman–Crippen LogP) is 4.26. The van der Waals surface area contributed by atoms with Crippen LogP contribution >= 0.6 is 11.3 Å². The molecule has 3 rings (SSSR count). The van der Waals surface area contributed by atoms with Crippen LogP contribution in [0.5, 0.6) is 5.75 Å². The van der Waals surface area contributed by atoms with E-state index in [4.69, 9.17) is 9.26 Å². The van der Waals surface area contributed by atoms with E-state index in [0.29, 0.717) is 0 Å². The highest BCUT2D eigenvalue weighted by Gasteiger charge is 2.14. The van der Waals surface area contributed by atoms with E-state index >= 15 is 0 Å². The molecule has 0 spiro atoms. The first-order valence-corrected chi connectivity index (χ1v) is 8.41. The summed E-state index contributed by atoms with van der Waals surface area (Å²) in [6.45, 7) is 4.32. The van der Waals surface area contributed by atoms with Crippen LogP contribution in [0.2, 0.25) is 0 Å². The van der Waals surface area contributed by atoms with Gasteiger partial charge in [-0.1, -0.05) is 29.4 Å². The molecule has 0 saturated heterocycles. The molecule has 23 heavy (non-hydrogen) atoms. The lowest BCUT2D eigenvalue weighted by atomic mass is 10.2. The number of benzene rings is 1. The molecule has 0 aliphatic rings. The van der Waals surface area contributed by atoms with Crippen LogP contribution in [0.15, 0.2) is 52.4 Å². The maximum atomic E-state index is 5.48. The fourth-order valence-corrected chi connectivity index (χ4v) is 3.32. The molecule has 0 aliphatic carbocycles. The Labute approximate surface area is 140 Å². The second-order valence-corrected chi connectivity index (χ2v) is 6.50. The number of thiophene rings is 1. The quantitative estimate of drug-likeness (QED) is 0.650. The summed E-state index contributed by atoms with van der Waals surface area (Å²) in [6.07, 6.45) is 0. The molecule has 0 radical (unpaired) electrons. The SMILES string of the molecule is COc1ccccc1CN(Cc1cc(C)no1)Cc1cccs1. The van der Waals surface area contributed by atoms with Gasteiger partial charge in [-0.25, -0.2) is 0 Å². The molecular weight excluding hydrogens is 308 g/mol. The number of aryl methyl sites for hydroxylation is 1. The van der Waals surface area contributed by atoms with Gasteiger partial charge in [0.05, 0.1) is 19.3 Å². The first-order chi connectivity index (χ1) is 11.2. The fourth-order valence-electron chi connectivity index (χ4n) is 2.58. The molecule has 0 unspecified atom stereocenters. The first kappa shape index (κ1) is 15.8. The highest BCUT2D eigenvalue weighted by atomic mass is 32.1. The van der Waals surface area contributed by atoms with Crippen molar-refractivity contribution in [1.29, 1.82) is 0 Å². The van der Waals surface area contributed by atoms with Gasteiger partial charge in [0.25, 0.3) is 0 Å². The highest BCUT2D eigenvalue weighted by Crippen LogP contribution is 2.23. The second-order valence-electron chi connectivity index (χ2n) is 5.47. The zero-order chi connectivity index (χ0) is 16.1. The normalized spacial score (nSPS) is 11.1. The molecule has 0 fully saturated rings. The number of aromatic nitrogens is 1. The number of hydrogen-bond donors (Lipinski definition) is 0. The third-order valence-corrected chi connectivity index (χ3v) is 4.46. The number of rotatable bonds is 7. The lowest BCUT2D eigenvalue weighted by Crippen LogP contribution is -2.22. The predicted molar refractivity (Wildman–Crippen MR) is 91.5 cm³/mol. The van der Waals surface area contributed by atoms with E-state index in [1.165, 1.54) is 10.4 Å². The van der Waals surface area contributed by atoms with Gasteiger partial charge in [-0.15, -0.1) is 11.3 Å². The molecule has 120 valence electrons. The molecule has 2 aromatic heterocycles. The van der Waals surface area contributed by atoms with Crippen LogP contribution in [0.1, 0.15) is 21.9 Å². The summed E-state index contributed by atoms with van der Waals surface area (Å²) in [5, 5.41) is 6.09. The summed E-state index contributed by atoms with van der Waals surface area (Å²) in [5.41, 5.74) is 2.08. The van der Waals surface area contributed by atoms with Gasteiger partial charge in [0.2, 0.25) is 0 Å². The van der Waals surface area contributed by atoms with Crippen LogP contribution in [0.25, 0.3) is 0 Å². The molecule has 2 heterocycles. The van der Waals surface area contributed by atoms with Crippen molar-refractivity contribution in [1.82, 2.24) is 10.1 Å². The average molecular weight is 328 g/mol. The average Bonchev–Trinajstić information content (AvgIpc) is 3.20. The summed E-state index contributed by atoms with van der Waals surface area (Å²) in [7, 11) is 1.71. The maximum absolute atomic E-state index is 5.48. The monoisotopic (exact) mass is 328 g/mol. The van der Waals surface area contributed by atoms with Crippen molar-refractivity contribution in [3.8, 4) is 5.75 Å². The van der Waals surface area contributed by atoms with Crippen LogP contribution < -0.4 is 4.74 Å². The van der Waals surface area contributed by atoms with Crippen molar-refractivity contribution in [3.63, 3.8) is 0 Å². The van der Waals surface area contributed by atoms with Gasteiger partial charge in [-0.2, -0.15) is 0 Å². The summed E-state index contributed by atoms with van der Waals surface area (Å²) in [5.74, 6) is 1.80.